The molecule has 0 atom stereocenters. The third kappa shape index (κ3) is 5.05. The van der Waals surface area contributed by atoms with E-state index in [1.54, 1.807) is 0 Å². The Morgan fingerprint density at radius 2 is 0.862 bits per heavy atom. The quantitative estimate of drug-likeness (QED) is 0.164. The van der Waals surface area contributed by atoms with Crippen molar-refractivity contribution in [2.45, 2.75) is 0 Å². The molecule has 0 aliphatic heterocycles. The number of nitrogens with zero attached hydrogens (tertiary/aromatic N) is 1. The van der Waals surface area contributed by atoms with Gasteiger partial charge in [0.05, 0.1) is 16.8 Å². The maximum absolute atomic E-state index is 6.65. The van der Waals surface area contributed by atoms with Crippen molar-refractivity contribution in [1.82, 2.24) is 0 Å². The van der Waals surface area contributed by atoms with Crippen molar-refractivity contribution in [3.8, 4) is 22.3 Å². The van der Waals surface area contributed by atoms with Gasteiger partial charge < -0.3 is 9.32 Å². The van der Waals surface area contributed by atoms with Gasteiger partial charge in [-0.05, 0) is 119 Å². The second-order valence-corrected chi connectivity index (χ2v) is 15.2. The molecule has 58 heavy (non-hydrogen) atoms. The van der Waals surface area contributed by atoms with Gasteiger partial charge in [0.15, 0.2) is 0 Å². The second-order valence-electron chi connectivity index (χ2n) is 15.2. The van der Waals surface area contributed by atoms with Crippen LogP contribution in [-0.2, 0) is 0 Å². The van der Waals surface area contributed by atoms with E-state index in [9.17, 15) is 0 Å². The zero-order valence-corrected chi connectivity index (χ0v) is 31.6. The van der Waals surface area contributed by atoms with Crippen LogP contribution in [-0.4, -0.2) is 0 Å². The van der Waals surface area contributed by atoms with Crippen LogP contribution in [0.2, 0.25) is 0 Å². The van der Waals surface area contributed by atoms with Gasteiger partial charge >= 0.3 is 0 Å². The number of hydrogen-bond donors (Lipinski definition) is 0. The first-order valence-corrected chi connectivity index (χ1v) is 19.9. The summed E-state index contributed by atoms with van der Waals surface area (Å²) in [5.74, 6) is 0. The molecule has 0 aliphatic carbocycles. The summed E-state index contributed by atoms with van der Waals surface area (Å²) in [5, 5.41) is 14.4. The lowest BCUT2D eigenvalue weighted by molar-refractivity contribution is 0.669. The van der Waals surface area contributed by atoms with Gasteiger partial charge in [0.2, 0.25) is 0 Å². The predicted octanol–water partition coefficient (Wildman–Crippen LogP) is 16.2. The van der Waals surface area contributed by atoms with E-state index in [-0.39, 0.29) is 0 Å². The third-order valence-corrected chi connectivity index (χ3v) is 12.0. The molecule has 0 spiro atoms. The Hall–Kier alpha value is -7.68. The first kappa shape index (κ1) is 32.6. The highest BCUT2D eigenvalue weighted by Gasteiger charge is 2.22. The van der Waals surface area contributed by atoms with Crippen LogP contribution in [0.1, 0.15) is 0 Å². The van der Waals surface area contributed by atoms with Gasteiger partial charge in [-0.15, -0.1) is 0 Å². The second kappa shape index (κ2) is 12.9. The minimum absolute atomic E-state index is 0.865. The molecule has 1 heterocycles. The molecule has 0 fully saturated rings. The molecule has 0 bridgehead atoms. The fourth-order valence-electron chi connectivity index (χ4n) is 9.35. The molecule has 2 heteroatoms. The van der Waals surface area contributed by atoms with Crippen LogP contribution in [0.25, 0.3) is 98.1 Å². The number of rotatable bonds is 5. The standard InChI is InChI=1S/C56H35NO/c1-2-15-39-35-55-51(33-38(39)14-1)56-53(27-12-28-54(56)58-55)57(41-31-29-37(30-32-41)43-22-9-17-36-13-3-5-18-42(36)43)52-26-11-24-46-48(23-10-25-49(46)52)50-34-40-16-4-6-19-44(40)45-20-7-8-21-47(45)50/h1-35H. The number of furan rings is 1. The summed E-state index contributed by atoms with van der Waals surface area (Å²) in [6, 6.07) is 77.1. The van der Waals surface area contributed by atoms with E-state index in [4.69, 9.17) is 4.42 Å². The Labute approximate surface area is 335 Å². The van der Waals surface area contributed by atoms with Crippen molar-refractivity contribution >= 4 is 92.9 Å². The molecule has 270 valence electrons. The SMILES string of the molecule is c1ccc2cc3c(cc2c1)oc1cccc(N(c2ccc(-c4cccc5ccccc45)cc2)c2cccc4c(-c5cc6ccccc6c6ccccc56)cccc24)c13. The molecule has 11 aromatic carbocycles. The maximum atomic E-state index is 6.65. The lowest BCUT2D eigenvalue weighted by Crippen LogP contribution is -2.11. The molecule has 0 saturated carbocycles. The largest absolute Gasteiger partial charge is 0.456 e. The Bertz CT molecular complexity index is 3570. The summed E-state index contributed by atoms with van der Waals surface area (Å²) < 4.78 is 6.65. The van der Waals surface area contributed by atoms with E-state index >= 15 is 0 Å². The zero-order valence-electron chi connectivity index (χ0n) is 31.6. The lowest BCUT2D eigenvalue weighted by Gasteiger charge is -2.28. The highest BCUT2D eigenvalue weighted by atomic mass is 16.3. The average molecular weight is 738 g/mol. The van der Waals surface area contributed by atoms with Gasteiger partial charge in [0.25, 0.3) is 0 Å². The van der Waals surface area contributed by atoms with Crippen LogP contribution in [0.4, 0.5) is 17.1 Å². The maximum Gasteiger partial charge on any atom is 0.137 e. The summed E-state index contributed by atoms with van der Waals surface area (Å²) >= 11 is 0. The van der Waals surface area contributed by atoms with Gasteiger partial charge in [-0.1, -0.05) is 164 Å². The normalized spacial score (nSPS) is 11.8. The molecule has 0 unspecified atom stereocenters. The first-order chi connectivity index (χ1) is 28.8. The number of hydrogen-bond acceptors (Lipinski definition) is 2. The molecule has 0 N–H and O–H groups in total. The van der Waals surface area contributed by atoms with Gasteiger partial charge in [-0.25, -0.2) is 0 Å². The minimum atomic E-state index is 0.865. The van der Waals surface area contributed by atoms with Gasteiger partial charge in [-0.2, -0.15) is 0 Å². The van der Waals surface area contributed by atoms with Crippen molar-refractivity contribution in [3.63, 3.8) is 0 Å². The number of anilines is 3. The van der Waals surface area contributed by atoms with E-state index < -0.39 is 0 Å². The zero-order chi connectivity index (χ0) is 38.2. The van der Waals surface area contributed by atoms with Crippen LogP contribution < -0.4 is 4.90 Å². The van der Waals surface area contributed by atoms with Crippen molar-refractivity contribution in [2.24, 2.45) is 0 Å². The number of fused-ring (bicyclic) bond motifs is 9. The van der Waals surface area contributed by atoms with Crippen LogP contribution in [0.3, 0.4) is 0 Å². The minimum Gasteiger partial charge on any atom is -0.456 e. The molecule has 0 radical (unpaired) electrons. The Balaban J connectivity index is 1.12. The smallest absolute Gasteiger partial charge is 0.137 e. The topological polar surface area (TPSA) is 16.4 Å². The summed E-state index contributed by atoms with van der Waals surface area (Å²) in [5.41, 5.74) is 9.85. The lowest BCUT2D eigenvalue weighted by atomic mass is 9.90. The summed E-state index contributed by atoms with van der Waals surface area (Å²) in [4.78, 5) is 2.43. The molecule has 0 aliphatic rings. The number of benzene rings is 11. The van der Waals surface area contributed by atoms with E-state index in [1.165, 1.54) is 76.1 Å². The van der Waals surface area contributed by atoms with Crippen LogP contribution in [0.15, 0.2) is 217 Å². The Kier molecular flexibility index (Phi) is 7.26. The molecule has 2 nitrogen and oxygen atoms in total. The molecular weight excluding hydrogens is 703 g/mol. The van der Waals surface area contributed by atoms with E-state index in [1.807, 2.05) is 0 Å². The van der Waals surface area contributed by atoms with Crippen molar-refractivity contribution in [2.75, 3.05) is 4.90 Å². The van der Waals surface area contributed by atoms with Crippen LogP contribution in [0, 0.1) is 0 Å². The highest BCUT2D eigenvalue weighted by Crippen LogP contribution is 2.47. The third-order valence-electron chi connectivity index (χ3n) is 12.0. The van der Waals surface area contributed by atoms with Gasteiger partial charge in [0, 0.05) is 16.5 Å². The average Bonchev–Trinajstić information content (AvgIpc) is 3.66. The molecule has 0 saturated heterocycles. The Morgan fingerprint density at radius 1 is 0.293 bits per heavy atom. The molecular formula is C56H35NO. The predicted molar refractivity (Wildman–Crippen MR) is 247 cm³/mol. The Morgan fingerprint density at radius 3 is 1.71 bits per heavy atom. The monoisotopic (exact) mass is 737 g/mol. The van der Waals surface area contributed by atoms with E-state index in [0.717, 1.165) is 39.0 Å². The summed E-state index contributed by atoms with van der Waals surface area (Å²) in [6.07, 6.45) is 0. The first-order valence-electron chi connectivity index (χ1n) is 19.9. The van der Waals surface area contributed by atoms with Crippen LogP contribution in [0.5, 0.6) is 0 Å². The van der Waals surface area contributed by atoms with Gasteiger partial charge in [-0.3, -0.25) is 0 Å². The van der Waals surface area contributed by atoms with Crippen molar-refractivity contribution in [3.05, 3.63) is 212 Å². The molecule has 12 aromatic rings. The van der Waals surface area contributed by atoms with Crippen LogP contribution >= 0.6 is 0 Å². The van der Waals surface area contributed by atoms with Crippen molar-refractivity contribution < 1.29 is 4.42 Å². The molecule has 0 amide bonds. The van der Waals surface area contributed by atoms with Crippen molar-refractivity contribution in [1.29, 1.82) is 0 Å². The fourth-order valence-corrected chi connectivity index (χ4v) is 9.35. The van der Waals surface area contributed by atoms with E-state index in [2.05, 4.69) is 217 Å². The summed E-state index contributed by atoms with van der Waals surface area (Å²) in [6.45, 7) is 0. The summed E-state index contributed by atoms with van der Waals surface area (Å²) in [7, 11) is 0. The van der Waals surface area contributed by atoms with Gasteiger partial charge in [0.1, 0.15) is 11.2 Å². The molecule has 1 aromatic heterocycles. The highest BCUT2D eigenvalue weighted by molar-refractivity contribution is 6.19. The fraction of sp³-hybridized carbons (Fsp3) is 0. The van der Waals surface area contributed by atoms with E-state index in [0.29, 0.717) is 0 Å². The molecule has 12 rings (SSSR count).